The Labute approximate surface area is 135 Å². The molecule has 0 unspecified atom stereocenters. The van der Waals surface area contributed by atoms with Crippen LogP contribution in [0.3, 0.4) is 0 Å². The lowest BCUT2D eigenvalue weighted by molar-refractivity contribution is 0.0690. The summed E-state index contributed by atoms with van der Waals surface area (Å²) < 4.78 is 1.20. The fourth-order valence-electron chi connectivity index (χ4n) is 2.31. The van der Waals surface area contributed by atoms with Gasteiger partial charge in [-0.3, -0.25) is 9.89 Å². The van der Waals surface area contributed by atoms with Gasteiger partial charge in [-0.2, -0.15) is 9.94 Å². The third-order valence-electron chi connectivity index (χ3n) is 3.46. The fourth-order valence-corrected chi connectivity index (χ4v) is 2.31. The third-order valence-corrected chi connectivity index (χ3v) is 3.46. The lowest BCUT2D eigenvalue weighted by atomic mass is 10.1. The number of aromatic carboxylic acids is 1. The molecular weight excluding hydrogens is 310 g/mol. The van der Waals surface area contributed by atoms with Crippen molar-refractivity contribution >= 4 is 5.97 Å². The maximum absolute atomic E-state index is 12.6. The lowest BCUT2D eigenvalue weighted by Crippen LogP contribution is -2.17. The molecule has 1 aromatic carbocycles. The number of aryl methyl sites for hydroxylation is 1. The second-order valence-electron chi connectivity index (χ2n) is 5.01. The SMILES string of the molecule is Cc1[nH]n(-c2cnc(C(=O)O)cn2)c(=O)c1-c1ccc(C#N)cc1. The Bertz CT molecular complexity index is 1010. The maximum atomic E-state index is 12.6. The standard InChI is InChI=1S/C16H11N5O3/c1-9-14(11-4-2-10(6-17)3-5-11)15(22)21(20-9)13-8-18-12(7-19-13)16(23)24/h2-5,7-8,20H,1H3,(H,23,24). The molecule has 0 saturated heterocycles. The topological polar surface area (TPSA) is 125 Å². The zero-order valence-electron chi connectivity index (χ0n) is 12.5. The molecular formula is C16H11N5O3. The van der Waals surface area contributed by atoms with E-state index < -0.39 is 5.97 Å². The smallest absolute Gasteiger partial charge is 0.356 e. The first kappa shape index (κ1) is 15.2. The highest BCUT2D eigenvalue weighted by molar-refractivity contribution is 5.84. The van der Waals surface area contributed by atoms with Gasteiger partial charge in [0.2, 0.25) is 0 Å². The van der Waals surface area contributed by atoms with Crippen molar-refractivity contribution in [2.75, 3.05) is 0 Å². The van der Waals surface area contributed by atoms with Gasteiger partial charge in [0.25, 0.3) is 5.56 Å². The molecule has 2 aromatic heterocycles. The van der Waals surface area contributed by atoms with Gasteiger partial charge in [0.1, 0.15) is 0 Å². The minimum absolute atomic E-state index is 0.188. The van der Waals surface area contributed by atoms with Gasteiger partial charge in [0.15, 0.2) is 11.5 Å². The van der Waals surface area contributed by atoms with Crippen molar-refractivity contribution in [1.82, 2.24) is 19.7 Å². The lowest BCUT2D eigenvalue weighted by Gasteiger charge is -2.00. The highest BCUT2D eigenvalue weighted by Crippen LogP contribution is 2.19. The predicted octanol–water partition coefficient (Wildman–Crippen LogP) is 1.50. The van der Waals surface area contributed by atoms with Crippen LogP contribution in [0, 0.1) is 18.3 Å². The van der Waals surface area contributed by atoms with E-state index in [1.54, 1.807) is 31.2 Å². The zero-order valence-corrected chi connectivity index (χ0v) is 12.5. The van der Waals surface area contributed by atoms with Crippen LogP contribution in [0.1, 0.15) is 21.7 Å². The molecule has 118 valence electrons. The number of aromatic nitrogens is 4. The Morgan fingerprint density at radius 1 is 1.25 bits per heavy atom. The molecule has 8 heteroatoms. The molecule has 3 aromatic rings. The number of aromatic amines is 1. The fraction of sp³-hybridized carbons (Fsp3) is 0.0625. The number of carboxylic acid groups (broad SMARTS) is 1. The molecule has 0 radical (unpaired) electrons. The van der Waals surface area contributed by atoms with Gasteiger partial charge < -0.3 is 5.11 Å². The molecule has 0 atom stereocenters. The number of carbonyl (C=O) groups is 1. The molecule has 0 aliphatic rings. The van der Waals surface area contributed by atoms with Gasteiger partial charge in [-0.15, -0.1) is 0 Å². The molecule has 0 fully saturated rings. The van der Waals surface area contributed by atoms with Crippen molar-refractivity contribution in [1.29, 1.82) is 5.26 Å². The van der Waals surface area contributed by atoms with Crippen LogP contribution >= 0.6 is 0 Å². The summed E-state index contributed by atoms with van der Waals surface area (Å²) >= 11 is 0. The summed E-state index contributed by atoms with van der Waals surface area (Å²) in [4.78, 5) is 31.2. The molecule has 0 spiro atoms. The average molecular weight is 321 g/mol. The summed E-state index contributed by atoms with van der Waals surface area (Å²) in [5.74, 6) is -1.00. The minimum atomic E-state index is -1.19. The average Bonchev–Trinajstić information content (AvgIpc) is 2.89. The number of rotatable bonds is 3. The zero-order chi connectivity index (χ0) is 17.3. The van der Waals surface area contributed by atoms with E-state index in [2.05, 4.69) is 15.1 Å². The van der Waals surface area contributed by atoms with E-state index in [4.69, 9.17) is 10.4 Å². The van der Waals surface area contributed by atoms with Crippen molar-refractivity contribution < 1.29 is 9.90 Å². The molecule has 0 bridgehead atoms. The summed E-state index contributed by atoms with van der Waals surface area (Å²) in [7, 11) is 0. The number of benzene rings is 1. The van der Waals surface area contributed by atoms with E-state index in [0.29, 0.717) is 22.4 Å². The van der Waals surface area contributed by atoms with Gasteiger partial charge in [-0.05, 0) is 24.6 Å². The van der Waals surface area contributed by atoms with Crippen LogP contribution < -0.4 is 5.56 Å². The second-order valence-corrected chi connectivity index (χ2v) is 5.01. The summed E-state index contributed by atoms with van der Waals surface area (Å²) in [5, 5.41) is 20.6. The normalized spacial score (nSPS) is 10.3. The Morgan fingerprint density at radius 2 is 1.96 bits per heavy atom. The first-order valence-electron chi connectivity index (χ1n) is 6.89. The van der Waals surface area contributed by atoms with Gasteiger partial charge >= 0.3 is 5.97 Å². The Hall–Kier alpha value is -3.73. The molecule has 2 N–H and O–H groups in total. The molecule has 24 heavy (non-hydrogen) atoms. The molecule has 0 saturated carbocycles. The Morgan fingerprint density at radius 3 is 2.50 bits per heavy atom. The van der Waals surface area contributed by atoms with Crippen molar-refractivity contribution in [3.63, 3.8) is 0 Å². The van der Waals surface area contributed by atoms with E-state index in [1.165, 1.54) is 10.9 Å². The largest absolute Gasteiger partial charge is 0.476 e. The first-order chi connectivity index (χ1) is 11.5. The molecule has 0 amide bonds. The molecule has 3 rings (SSSR count). The highest BCUT2D eigenvalue weighted by atomic mass is 16.4. The van der Waals surface area contributed by atoms with E-state index in [-0.39, 0.29) is 17.1 Å². The number of nitriles is 1. The quantitative estimate of drug-likeness (QED) is 0.753. The molecule has 2 heterocycles. The van der Waals surface area contributed by atoms with Crippen molar-refractivity contribution in [2.45, 2.75) is 6.92 Å². The number of nitrogens with one attached hydrogen (secondary N) is 1. The van der Waals surface area contributed by atoms with Gasteiger partial charge in [-0.1, -0.05) is 12.1 Å². The molecule has 8 nitrogen and oxygen atoms in total. The Balaban J connectivity index is 2.07. The molecule has 0 aliphatic carbocycles. The van der Waals surface area contributed by atoms with Crippen LogP contribution in [0.4, 0.5) is 0 Å². The maximum Gasteiger partial charge on any atom is 0.356 e. The summed E-state index contributed by atoms with van der Waals surface area (Å²) in [6.45, 7) is 1.74. The van der Waals surface area contributed by atoms with Crippen LogP contribution in [0.2, 0.25) is 0 Å². The summed E-state index contributed by atoms with van der Waals surface area (Å²) in [6.07, 6.45) is 2.30. The van der Waals surface area contributed by atoms with E-state index in [1.807, 2.05) is 6.07 Å². The Kier molecular flexibility index (Phi) is 3.67. The van der Waals surface area contributed by atoms with Crippen LogP contribution in [0.25, 0.3) is 16.9 Å². The van der Waals surface area contributed by atoms with Gasteiger partial charge in [0, 0.05) is 5.69 Å². The summed E-state index contributed by atoms with van der Waals surface area (Å²) in [6, 6.07) is 8.68. The van der Waals surface area contributed by atoms with Crippen molar-refractivity contribution in [2.24, 2.45) is 0 Å². The monoisotopic (exact) mass is 321 g/mol. The van der Waals surface area contributed by atoms with Gasteiger partial charge in [0.05, 0.1) is 29.6 Å². The van der Waals surface area contributed by atoms with Crippen LogP contribution in [0.5, 0.6) is 0 Å². The van der Waals surface area contributed by atoms with Crippen molar-refractivity contribution in [3.05, 3.63) is 64.0 Å². The van der Waals surface area contributed by atoms with Crippen LogP contribution in [-0.4, -0.2) is 30.8 Å². The third kappa shape index (κ3) is 2.55. The highest BCUT2D eigenvalue weighted by Gasteiger charge is 2.16. The minimum Gasteiger partial charge on any atom is -0.476 e. The second kappa shape index (κ2) is 5.81. The van der Waals surface area contributed by atoms with Crippen molar-refractivity contribution in [3.8, 4) is 23.0 Å². The van der Waals surface area contributed by atoms with Crippen LogP contribution in [-0.2, 0) is 0 Å². The first-order valence-corrected chi connectivity index (χ1v) is 6.89. The number of carboxylic acids is 1. The van der Waals surface area contributed by atoms with E-state index in [0.717, 1.165) is 6.20 Å². The molecule has 0 aliphatic heterocycles. The van der Waals surface area contributed by atoms with E-state index in [9.17, 15) is 9.59 Å². The van der Waals surface area contributed by atoms with Gasteiger partial charge in [-0.25, -0.2) is 14.8 Å². The van der Waals surface area contributed by atoms with E-state index >= 15 is 0 Å². The number of nitrogens with zero attached hydrogens (tertiary/aromatic N) is 4. The number of hydrogen-bond acceptors (Lipinski definition) is 5. The number of hydrogen-bond donors (Lipinski definition) is 2. The van der Waals surface area contributed by atoms with Crippen LogP contribution in [0.15, 0.2) is 41.5 Å². The predicted molar refractivity (Wildman–Crippen MR) is 83.8 cm³/mol. The number of H-pyrrole nitrogens is 1. The summed E-state index contributed by atoms with van der Waals surface area (Å²) in [5.41, 5.74) is 1.69.